The van der Waals surface area contributed by atoms with Gasteiger partial charge in [0.15, 0.2) is 5.82 Å². The van der Waals surface area contributed by atoms with E-state index in [0.29, 0.717) is 11.2 Å². The molecule has 0 spiro atoms. The molecule has 2 N–H and O–H groups in total. The van der Waals surface area contributed by atoms with E-state index < -0.39 is 0 Å². The number of aromatic nitrogens is 1. The second kappa shape index (κ2) is 4.91. The van der Waals surface area contributed by atoms with Crippen molar-refractivity contribution in [1.29, 1.82) is 0 Å². The summed E-state index contributed by atoms with van der Waals surface area (Å²) in [6.07, 6.45) is 4.85. The molecule has 0 bridgehead atoms. The van der Waals surface area contributed by atoms with Crippen molar-refractivity contribution in [2.24, 2.45) is 0 Å². The fourth-order valence-corrected chi connectivity index (χ4v) is 1.99. The molecule has 1 aromatic rings. The van der Waals surface area contributed by atoms with Crippen LogP contribution in [0.15, 0.2) is 12.1 Å². The number of halogens is 1. The predicted octanol–water partition coefficient (Wildman–Crippen LogP) is 3.09. The molecule has 0 aliphatic heterocycles. The van der Waals surface area contributed by atoms with E-state index >= 15 is 0 Å². The van der Waals surface area contributed by atoms with Crippen molar-refractivity contribution >= 4 is 23.1 Å². The second-order valence-corrected chi connectivity index (χ2v) is 4.71. The van der Waals surface area contributed by atoms with E-state index in [1.807, 2.05) is 6.07 Å². The smallest absolute Gasteiger partial charge is 0.153 e. The average molecular weight is 240 g/mol. The van der Waals surface area contributed by atoms with E-state index in [0.717, 1.165) is 18.1 Å². The molecule has 0 unspecified atom stereocenters. The van der Waals surface area contributed by atoms with E-state index in [1.54, 1.807) is 6.07 Å². The molecular formula is C12H18ClN3. The number of rotatable bonds is 5. The maximum atomic E-state index is 5.96. The van der Waals surface area contributed by atoms with Crippen LogP contribution in [0.1, 0.15) is 32.6 Å². The average Bonchev–Trinajstić information content (AvgIpc) is 3.08. The number of nitrogens with zero attached hydrogens (tertiary/aromatic N) is 2. The lowest BCUT2D eigenvalue weighted by Crippen LogP contribution is -2.28. The molecule has 16 heavy (non-hydrogen) atoms. The van der Waals surface area contributed by atoms with Gasteiger partial charge in [-0.1, -0.05) is 24.9 Å². The van der Waals surface area contributed by atoms with Crippen LogP contribution in [-0.2, 0) is 0 Å². The van der Waals surface area contributed by atoms with Gasteiger partial charge in [0, 0.05) is 12.6 Å². The first kappa shape index (κ1) is 11.5. The Morgan fingerprint density at radius 3 is 2.88 bits per heavy atom. The van der Waals surface area contributed by atoms with Gasteiger partial charge in [-0.15, -0.1) is 0 Å². The van der Waals surface area contributed by atoms with Crippen LogP contribution in [0.4, 0.5) is 11.5 Å². The van der Waals surface area contributed by atoms with Gasteiger partial charge in [0.05, 0.1) is 5.69 Å². The van der Waals surface area contributed by atoms with E-state index in [-0.39, 0.29) is 0 Å². The topological polar surface area (TPSA) is 42.2 Å². The van der Waals surface area contributed by atoms with Crippen molar-refractivity contribution in [3.8, 4) is 0 Å². The monoisotopic (exact) mass is 239 g/mol. The highest BCUT2D eigenvalue weighted by molar-refractivity contribution is 6.29. The Balaban J connectivity index is 2.19. The quantitative estimate of drug-likeness (QED) is 0.803. The number of nitrogens with two attached hydrogens (primary N) is 1. The molecule has 1 aliphatic carbocycles. The molecule has 3 nitrogen and oxygen atoms in total. The lowest BCUT2D eigenvalue weighted by atomic mass is 10.3. The first-order valence-electron chi connectivity index (χ1n) is 5.91. The summed E-state index contributed by atoms with van der Waals surface area (Å²) in [5, 5.41) is 0.520. The predicted molar refractivity (Wildman–Crippen MR) is 68.9 cm³/mol. The molecule has 4 heteroatoms. The summed E-state index contributed by atoms with van der Waals surface area (Å²) in [7, 11) is 0. The molecule has 0 atom stereocenters. The third-order valence-electron chi connectivity index (χ3n) is 2.88. The minimum atomic E-state index is 0.520. The Morgan fingerprint density at radius 1 is 1.50 bits per heavy atom. The molecule has 1 aromatic heterocycles. The lowest BCUT2D eigenvalue weighted by molar-refractivity contribution is 0.706. The summed E-state index contributed by atoms with van der Waals surface area (Å²) in [5.74, 6) is 0.864. The molecule has 0 radical (unpaired) electrons. The maximum absolute atomic E-state index is 5.96. The van der Waals surface area contributed by atoms with E-state index in [2.05, 4.69) is 16.8 Å². The van der Waals surface area contributed by atoms with Crippen LogP contribution < -0.4 is 10.6 Å². The van der Waals surface area contributed by atoms with Crippen LogP contribution in [0.3, 0.4) is 0 Å². The zero-order valence-electron chi connectivity index (χ0n) is 9.62. The van der Waals surface area contributed by atoms with Crippen LogP contribution in [-0.4, -0.2) is 17.6 Å². The standard InChI is InChI=1S/C12H18ClN3/c1-2-3-8-16(9-4-5-9)12-10(14)6-7-11(13)15-12/h6-7,9H,2-5,8,14H2,1H3. The number of anilines is 2. The Bertz CT molecular complexity index is 363. The third kappa shape index (κ3) is 2.59. The lowest BCUT2D eigenvalue weighted by Gasteiger charge is -2.24. The van der Waals surface area contributed by atoms with E-state index in [1.165, 1.54) is 25.7 Å². The van der Waals surface area contributed by atoms with Crippen LogP contribution >= 0.6 is 11.6 Å². The van der Waals surface area contributed by atoms with Gasteiger partial charge >= 0.3 is 0 Å². The summed E-state index contributed by atoms with van der Waals surface area (Å²) >= 11 is 5.93. The van der Waals surface area contributed by atoms with Crippen molar-refractivity contribution in [3.05, 3.63) is 17.3 Å². The highest BCUT2D eigenvalue weighted by Crippen LogP contribution is 2.34. The number of pyridine rings is 1. The van der Waals surface area contributed by atoms with Gasteiger partial charge in [-0.25, -0.2) is 4.98 Å². The van der Waals surface area contributed by atoms with Gasteiger partial charge in [0.2, 0.25) is 0 Å². The molecule has 0 saturated heterocycles. The Kier molecular flexibility index (Phi) is 3.54. The summed E-state index contributed by atoms with van der Waals surface area (Å²) in [4.78, 5) is 6.66. The summed E-state index contributed by atoms with van der Waals surface area (Å²) in [6, 6.07) is 4.21. The fraction of sp³-hybridized carbons (Fsp3) is 0.583. The second-order valence-electron chi connectivity index (χ2n) is 4.32. The molecular weight excluding hydrogens is 222 g/mol. The summed E-state index contributed by atoms with van der Waals surface area (Å²) in [5.41, 5.74) is 6.69. The van der Waals surface area contributed by atoms with Gasteiger partial charge < -0.3 is 10.6 Å². The number of hydrogen-bond acceptors (Lipinski definition) is 3. The first-order chi connectivity index (χ1) is 7.72. The number of nitrogen functional groups attached to an aromatic ring is 1. The Labute approximate surface area is 102 Å². The van der Waals surface area contributed by atoms with Crippen molar-refractivity contribution in [2.45, 2.75) is 38.6 Å². The maximum Gasteiger partial charge on any atom is 0.153 e. The summed E-state index contributed by atoms with van der Waals surface area (Å²) < 4.78 is 0. The molecule has 2 rings (SSSR count). The normalized spacial score (nSPS) is 15.1. The number of unbranched alkanes of at least 4 members (excludes halogenated alkanes) is 1. The third-order valence-corrected chi connectivity index (χ3v) is 3.09. The van der Waals surface area contributed by atoms with Crippen LogP contribution in [0, 0.1) is 0 Å². The van der Waals surface area contributed by atoms with Gasteiger partial charge in [-0.3, -0.25) is 0 Å². The van der Waals surface area contributed by atoms with Crippen LogP contribution in [0.2, 0.25) is 5.15 Å². The minimum absolute atomic E-state index is 0.520. The SMILES string of the molecule is CCCCN(c1nc(Cl)ccc1N)C1CC1. The van der Waals surface area contributed by atoms with Crippen LogP contribution in [0.25, 0.3) is 0 Å². The van der Waals surface area contributed by atoms with Crippen molar-refractivity contribution in [1.82, 2.24) is 4.98 Å². The molecule has 0 aromatic carbocycles. The van der Waals surface area contributed by atoms with Crippen molar-refractivity contribution in [2.75, 3.05) is 17.2 Å². The Morgan fingerprint density at radius 2 is 2.25 bits per heavy atom. The minimum Gasteiger partial charge on any atom is -0.396 e. The summed E-state index contributed by atoms with van der Waals surface area (Å²) in [6.45, 7) is 3.22. The highest BCUT2D eigenvalue weighted by Gasteiger charge is 2.30. The molecule has 1 aliphatic rings. The highest BCUT2D eigenvalue weighted by atomic mass is 35.5. The molecule has 1 fully saturated rings. The molecule has 1 heterocycles. The van der Waals surface area contributed by atoms with Gasteiger partial charge in [-0.2, -0.15) is 0 Å². The van der Waals surface area contributed by atoms with E-state index in [9.17, 15) is 0 Å². The van der Waals surface area contributed by atoms with Gasteiger partial charge in [-0.05, 0) is 31.4 Å². The first-order valence-corrected chi connectivity index (χ1v) is 6.29. The molecule has 1 saturated carbocycles. The van der Waals surface area contributed by atoms with Gasteiger partial charge in [0.1, 0.15) is 5.15 Å². The zero-order valence-corrected chi connectivity index (χ0v) is 10.4. The van der Waals surface area contributed by atoms with Crippen molar-refractivity contribution < 1.29 is 0 Å². The molecule has 0 amide bonds. The zero-order chi connectivity index (χ0) is 11.5. The van der Waals surface area contributed by atoms with Gasteiger partial charge in [0.25, 0.3) is 0 Å². The number of hydrogen-bond donors (Lipinski definition) is 1. The fourth-order valence-electron chi connectivity index (χ4n) is 1.84. The van der Waals surface area contributed by atoms with Crippen LogP contribution in [0.5, 0.6) is 0 Å². The largest absolute Gasteiger partial charge is 0.396 e. The van der Waals surface area contributed by atoms with Crippen molar-refractivity contribution in [3.63, 3.8) is 0 Å². The van der Waals surface area contributed by atoms with E-state index in [4.69, 9.17) is 17.3 Å². The molecule has 88 valence electrons. The Hall–Kier alpha value is -0.960.